The summed E-state index contributed by atoms with van der Waals surface area (Å²) >= 11 is 0. The molecular weight excluding hydrogens is 330 g/mol. The Labute approximate surface area is 148 Å². The molecule has 0 unspecified atom stereocenters. The molecule has 1 aromatic heterocycles. The van der Waals surface area contributed by atoms with E-state index in [2.05, 4.69) is 9.97 Å². The number of non-ortho nitro benzene ring substituents is 1. The predicted molar refractivity (Wildman–Crippen MR) is 100 cm³/mol. The van der Waals surface area contributed by atoms with Gasteiger partial charge >= 0.3 is 5.69 Å². The van der Waals surface area contributed by atoms with Gasteiger partial charge in [0.1, 0.15) is 0 Å². The third-order valence-electron chi connectivity index (χ3n) is 4.35. The first kappa shape index (κ1) is 15.8. The number of fused-ring (bicyclic) bond motifs is 1. The first-order chi connectivity index (χ1) is 12.6. The highest BCUT2D eigenvalue weighted by molar-refractivity contribution is 5.84. The first-order valence-electron chi connectivity index (χ1n) is 8.14. The molecule has 0 bridgehead atoms. The van der Waals surface area contributed by atoms with Gasteiger partial charge in [-0.1, -0.05) is 42.5 Å². The molecule has 26 heavy (non-hydrogen) atoms. The zero-order chi connectivity index (χ0) is 18.1. The highest BCUT2D eigenvalue weighted by Crippen LogP contribution is 2.31. The van der Waals surface area contributed by atoms with Crippen LogP contribution in [0.25, 0.3) is 22.2 Å². The van der Waals surface area contributed by atoms with E-state index < -0.39 is 4.92 Å². The van der Waals surface area contributed by atoms with Crippen LogP contribution in [0.3, 0.4) is 0 Å². The van der Waals surface area contributed by atoms with Crippen molar-refractivity contribution < 1.29 is 4.92 Å². The average molecular weight is 345 g/mol. The van der Waals surface area contributed by atoms with Crippen molar-refractivity contribution in [2.24, 2.45) is 0 Å². The fourth-order valence-corrected chi connectivity index (χ4v) is 3.15. The molecule has 0 saturated heterocycles. The number of benzene rings is 3. The van der Waals surface area contributed by atoms with Crippen LogP contribution in [0.5, 0.6) is 0 Å². The molecule has 0 aliphatic rings. The van der Waals surface area contributed by atoms with E-state index >= 15 is 0 Å². The number of aromatic nitrogens is 2. The van der Waals surface area contributed by atoms with Gasteiger partial charge in [0.15, 0.2) is 0 Å². The second kappa shape index (κ2) is 6.33. The monoisotopic (exact) mass is 345 g/mol. The Morgan fingerprint density at radius 2 is 1.62 bits per heavy atom. The Bertz CT molecular complexity index is 1160. The van der Waals surface area contributed by atoms with Crippen LogP contribution in [0.2, 0.25) is 0 Å². The molecule has 0 fully saturated rings. The molecule has 4 rings (SSSR count). The lowest BCUT2D eigenvalue weighted by Gasteiger charge is -2.11. The number of nitrogens with one attached hydrogen (secondary N) is 2. The largest absolute Gasteiger partial charge is 0.323 e. The van der Waals surface area contributed by atoms with Crippen LogP contribution in [0.1, 0.15) is 11.1 Å². The quantitative estimate of drug-likeness (QED) is 0.432. The molecule has 1 heterocycles. The Morgan fingerprint density at radius 1 is 0.885 bits per heavy atom. The number of hydrogen-bond acceptors (Lipinski definition) is 3. The SMILES string of the molecule is O=c1[nH]c2cc(Cc3ccccc3)c(-c3cccc([N+](=O)[O-])c3)cc2[nH]1. The van der Waals surface area contributed by atoms with Gasteiger partial charge in [-0.3, -0.25) is 10.1 Å². The molecule has 0 aliphatic heterocycles. The van der Waals surface area contributed by atoms with Crippen molar-refractivity contribution in [3.63, 3.8) is 0 Å². The van der Waals surface area contributed by atoms with Crippen LogP contribution in [-0.4, -0.2) is 14.9 Å². The number of rotatable bonds is 4. The molecule has 128 valence electrons. The fourth-order valence-electron chi connectivity index (χ4n) is 3.15. The van der Waals surface area contributed by atoms with Crippen molar-refractivity contribution in [2.45, 2.75) is 6.42 Å². The van der Waals surface area contributed by atoms with Crippen molar-refractivity contribution in [2.75, 3.05) is 0 Å². The minimum atomic E-state index is -0.406. The normalized spacial score (nSPS) is 10.9. The van der Waals surface area contributed by atoms with Crippen molar-refractivity contribution in [1.82, 2.24) is 9.97 Å². The van der Waals surface area contributed by atoms with Gasteiger partial charge in [0.05, 0.1) is 16.0 Å². The van der Waals surface area contributed by atoms with E-state index in [4.69, 9.17) is 0 Å². The van der Waals surface area contributed by atoms with E-state index in [1.54, 1.807) is 12.1 Å². The summed E-state index contributed by atoms with van der Waals surface area (Å²) in [6.07, 6.45) is 0.655. The Morgan fingerprint density at radius 3 is 2.35 bits per heavy atom. The maximum absolute atomic E-state index is 11.6. The van der Waals surface area contributed by atoms with E-state index in [0.29, 0.717) is 11.9 Å². The van der Waals surface area contributed by atoms with Gasteiger partial charge in [0.25, 0.3) is 5.69 Å². The molecule has 0 atom stereocenters. The van der Waals surface area contributed by atoms with Gasteiger partial charge in [-0.15, -0.1) is 0 Å². The summed E-state index contributed by atoms with van der Waals surface area (Å²) in [5.74, 6) is 0. The number of hydrogen-bond donors (Lipinski definition) is 2. The molecule has 6 nitrogen and oxygen atoms in total. The number of nitro benzene ring substituents is 1. The number of nitro groups is 1. The van der Waals surface area contributed by atoms with E-state index in [1.165, 1.54) is 6.07 Å². The lowest BCUT2D eigenvalue weighted by molar-refractivity contribution is -0.384. The van der Waals surface area contributed by atoms with Crippen LogP contribution >= 0.6 is 0 Å². The van der Waals surface area contributed by atoms with Gasteiger partial charge in [-0.25, -0.2) is 4.79 Å². The highest BCUT2D eigenvalue weighted by Gasteiger charge is 2.13. The number of imidazole rings is 1. The molecule has 2 N–H and O–H groups in total. The van der Waals surface area contributed by atoms with E-state index in [1.807, 2.05) is 48.5 Å². The standard InChI is InChI=1S/C20H15N3O3/c24-20-21-18-11-15(9-13-5-2-1-3-6-13)17(12-19(18)22-20)14-7-4-8-16(10-14)23(25)26/h1-8,10-12H,9H2,(H2,21,22,24). The second-order valence-corrected chi connectivity index (χ2v) is 6.10. The minimum absolute atomic E-state index is 0.0378. The molecule has 6 heteroatoms. The van der Waals surface area contributed by atoms with Crippen LogP contribution in [0.15, 0.2) is 71.5 Å². The van der Waals surface area contributed by atoms with Crippen molar-refractivity contribution in [1.29, 1.82) is 0 Å². The fraction of sp³-hybridized carbons (Fsp3) is 0.0500. The smallest absolute Gasteiger partial charge is 0.306 e. The molecule has 0 aliphatic carbocycles. The third kappa shape index (κ3) is 3.00. The summed E-state index contributed by atoms with van der Waals surface area (Å²) in [5.41, 5.74) is 4.87. The molecule has 3 aromatic carbocycles. The summed E-state index contributed by atoms with van der Waals surface area (Å²) in [7, 11) is 0. The lowest BCUT2D eigenvalue weighted by Crippen LogP contribution is -1.99. The van der Waals surface area contributed by atoms with Gasteiger partial charge in [-0.05, 0) is 40.8 Å². The minimum Gasteiger partial charge on any atom is -0.306 e. The van der Waals surface area contributed by atoms with Gasteiger partial charge in [0, 0.05) is 12.1 Å². The first-order valence-corrected chi connectivity index (χ1v) is 8.14. The zero-order valence-corrected chi connectivity index (χ0v) is 13.7. The Hall–Kier alpha value is -3.67. The lowest BCUT2D eigenvalue weighted by atomic mass is 9.94. The molecule has 0 amide bonds. The Kier molecular flexibility index (Phi) is 3.85. The predicted octanol–water partition coefficient (Wildman–Crippen LogP) is 4.02. The van der Waals surface area contributed by atoms with Crippen molar-refractivity contribution >= 4 is 16.7 Å². The Balaban J connectivity index is 1.91. The topological polar surface area (TPSA) is 91.8 Å². The molecule has 0 radical (unpaired) electrons. The van der Waals surface area contributed by atoms with Crippen LogP contribution in [0, 0.1) is 10.1 Å². The summed E-state index contributed by atoms with van der Waals surface area (Å²) in [6.45, 7) is 0. The number of nitrogens with zero attached hydrogens (tertiary/aromatic N) is 1. The van der Waals surface area contributed by atoms with E-state index in [9.17, 15) is 14.9 Å². The van der Waals surface area contributed by atoms with Gasteiger partial charge in [-0.2, -0.15) is 0 Å². The van der Waals surface area contributed by atoms with Crippen LogP contribution in [-0.2, 0) is 6.42 Å². The molecule has 0 spiro atoms. The maximum atomic E-state index is 11.6. The maximum Gasteiger partial charge on any atom is 0.323 e. The number of aromatic amines is 2. The molecular formula is C20H15N3O3. The second-order valence-electron chi connectivity index (χ2n) is 6.10. The van der Waals surface area contributed by atoms with Gasteiger partial charge < -0.3 is 9.97 Å². The molecule has 4 aromatic rings. The van der Waals surface area contributed by atoms with E-state index in [0.717, 1.165) is 27.8 Å². The van der Waals surface area contributed by atoms with Crippen molar-refractivity contribution in [3.8, 4) is 11.1 Å². The van der Waals surface area contributed by atoms with E-state index in [-0.39, 0.29) is 11.4 Å². The van der Waals surface area contributed by atoms with Crippen LogP contribution in [0.4, 0.5) is 5.69 Å². The zero-order valence-electron chi connectivity index (χ0n) is 13.7. The summed E-state index contributed by atoms with van der Waals surface area (Å²) in [5, 5.41) is 11.1. The summed E-state index contributed by atoms with van der Waals surface area (Å²) in [6, 6.07) is 20.3. The van der Waals surface area contributed by atoms with Crippen molar-refractivity contribution in [3.05, 3.63) is 98.5 Å². The summed E-state index contributed by atoms with van der Waals surface area (Å²) in [4.78, 5) is 27.9. The highest BCUT2D eigenvalue weighted by atomic mass is 16.6. The summed E-state index contributed by atoms with van der Waals surface area (Å²) < 4.78 is 0. The van der Waals surface area contributed by atoms with Crippen LogP contribution < -0.4 is 5.69 Å². The average Bonchev–Trinajstić information content (AvgIpc) is 3.01. The number of H-pyrrole nitrogens is 2. The molecule has 0 saturated carbocycles. The third-order valence-corrected chi connectivity index (χ3v) is 4.35. The van der Waals surface area contributed by atoms with Gasteiger partial charge in [0.2, 0.25) is 0 Å².